The number of nitrogens with two attached hydrogens (primary N) is 1. The first-order valence-corrected chi connectivity index (χ1v) is 7.13. The predicted octanol–water partition coefficient (Wildman–Crippen LogP) is 4.14. The molecule has 88 valence electrons. The number of thiophene rings is 1. The van der Waals surface area contributed by atoms with Gasteiger partial charge in [0.25, 0.3) is 0 Å². The summed E-state index contributed by atoms with van der Waals surface area (Å²) in [4.78, 5) is 1.28. The molecule has 2 N–H and O–H groups in total. The molecule has 1 aliphatic carbocycles. The first-order chi connectivity index (χ1) is 8.38. The second kappa shape index (κ2) is 4.63. The zero-order valence-corrected chi connectivity index (χ0v) is 10.7. The van der Waals surface area contributed by atoms with E-state index in [2.05, 4.69) is 35.7 Å². The summed E-state index contributed by atoms with van der Waals surface area (Å²) in [5, 5.41) is 2.12. The van der Waals surface area contributed by atoms with E-state index < -0.39 is 0 Å². The first kappa shape index (κ1) is 11.0. The van der Waals surface area contributed by atoms with Gasteiger partial charge in [0.2, 0.25) is 0 Å². The van der Waals surface area contributed by atoms with Crippen molar-refractivity contribution in [1.82, 2.24) is 0 Å². The Morgan fingerprint density at radius 1 is 1.12 bits per heavy atom. The molecule has 0 bridgehead atoms. The average molecular weight is 243 g/mol. The number of hydrogen-bond acceptors (Lipinski definition) is 2. The minimum atomic E-state index is 0.636. The topological polar surface area (TPSA) is 26.0 Å². The van der Waals surface area contributed by atoms with E-state index >= 15 is 0 Å². The lowest BCUT2D eigenvalue weighted by Crippen LogP contribution is -2.08. The lowest BCUT2D eigenvalue weighted by molar-refractivity contribution is 0.420. The van der Waals surface area contributed by atoms with Gasteiger partial charge in [0.15, 0.2) is 0 Å². The van der Waals surface area contributed by atoms with E-state index in [4.69, 9.17) is 5.73 Å². The normalized spacial score (nSPS) is 15.8. The van der Waals surface area contributed by atoms with Crippen molar-refractivity contribution in [3.05, 3.63) is 46.2 Å². The molecule has 1 aromatic heterocycles. The molecule has 1 aromatic carbocycles. The van der Waals surface area contributed by atoms with E-state index in [-0.39, 0.29) is 0 Å². The SMILES string of the molecule is NCc1sccc1-c1ccc(C2CCC2)cc1. The third-order valence-corrected chi connectivity index (χ3v) is 4.67. The van der Waals surface area contributed by atoms with E-state index in [1.807, 2.05) is 0 Å². The number of benzene rings is 1. The Labute approximate surface area is 106 Å². The molecule has 0 spiro atoms. The molecule has 3 rings (SSSR count). The fourth-order valence-corrected chi connectivity index (χ4v) is 3.21. The Morgan fingerprint density at radius 2 is 1.88 bits per heavy atom. The van der Waals surface area contributed by atoms with Crippen LogP contribution in [0, 0.1) is 0 Å². The van der Waals surface area contributed by atoms with Crippen molar-refractivity contribution in [2.45, 2.75) is 31.7 Å². The maximum absolute atomic E-state index is 5.75. The molecule has 17 heavy (non-hydrogen) atoms. The van der Waals surface area contributed by atoms with Gasteiger partial charge >= 0.3 is 0 Å². The zero-order chi connectivity index (χ0) is 11.7. The zero-order valence-electron chi connectivity index (χ0n) is 9.86. The second-order valence-electron chi connectivity index (χ2n) is 4.71. The average Bonchev–Trinajstić information content (AvgIpc) is 2.76. The number of hydrogen-bond donors (Lipinski definition) is 1. The van der Waals surface area contributed by atoms with Crippen LogP contribution < -0.4 is 5.73 Å². The molecule has 2 heteroatoms. The third kappa shape index (κ3) is 2.03. The highest BCUT2D eigenvalue weighted by molar-refractivity contribution is 7.10. The van der Waals surface area contributed by atoms with Crippen molar-refractivity contribution in [2.75, 3.05) is 0 Å². The molecular weight excluding hydrogens is 226 g/mol. The molecular formula is C15H17NS. The summed E-state index contributed by atoms with van der Waals surface area (Å²) >= 11 is 1.75. The Bertz CT molecular complexity index is 494. The maximum atomic E-state index is 5.75. The molecule has 0 saturated heterocycles. The summed E-state index contributed by atoms with van der Waals surface area (Å²) in [6.45, 7) is 0.636. The molecule has 0 unspecified atom stereocenters. The van der Waals surface area contributed by atoms with Crippen LogP contribution in [0.5, 0.6) is 0 Å². The maximum Gasteiger partial charge on any atom is 0.0280 e. The molecule has 1 nitrogen and oxygen atoms in total. The summed E-state index contributed by atoms with van der Waals surface area (Å²) in [5.41, 5.74) is 9.86. The lowest BCUT2D eigenvalue weighted by atomic mass is 9.80. The summed E-state index contributed by atoms with van der Waals surface area (Å²) in [5.74, 6) is 0.820. The smallest absolute Gasteiger partial charge is 0.0280 e. The molecule has 0 atom stereocenters. The molecule has 1 fully saturated rings. The van der Waals surface area contributed by atoms with E-state index in [1.54, 1.807) is 11.3 Å². The second-order valence-corrected chi connectivity index (χ2v) is 5.71. The highest BCUT2D eigenvalue weighted by atomic mass is 32.1. The van der Waals surface area contributed by atoms with Crippen LogP contribution in [0.25, 0.3) is 11.1 Å². The molecule has 2 aromatic rings. The van der Waals surface area contributed by atoms with Gasteiger partial charge < -0.3 is 5.73 Å². The first-order valence-electron chi connectivity index (χ1n) is 6.25. The van der Waals surface area contributed by atoms with Gasteiger partial charge in [0, 0.05) is 11.4 Å². The summed E-state index contributed by atoms with van der Waals surface area (Å²) in [7, 11) is 0. The van der Waals surface area contributed by atoms with Crippen LogP contribution >= 0.6 is 11.3 Å². The molecule has 0 radical (unpaired) electrons. The van der Waals surface area contributed by atoms with Crippen LogP contribution in [0.4, 0.5) is 0 Å². The minimum absolute atomic E-state index is 0.636. The Hall–Kier alpha value is -1.12. The van der Waals surface area contributed by atoms with Crippen molar-refractivity contribution < 1.29 is 0 Å². The highest BCUT2D eigenvalue weighted by Crippen LogP contribution is 2.37. The number of rotatable bonds is 3. The van der Waals surface area contributed by atoms with Crippen molar-refractivity contribution in [3.8, 4) is 11.1 Å². The Morgan fingerprint density at radius 3 is 2.47 bits per heavy atom. The van der Waals surface area contributed by atoms with E-state index in [9.17, 15) is 0 Å². The van der Waals surface area contributed by atoms with Gasteiger partial charge in [-0.1, -0.05) is 30.7 Å². The highest BCUT2D eigenvalue weighted by Gasteiger charge is 2.19. The Balaban J connectivity index is 1.88. The van der Waals surface area contributed by atoms with Crippen molar-refractivity contribution in [3.63, 3.8) is 0 Å². The third-order valence-electron chi connectivity index (χ3n) is 3.73. The standard InChI is InChI=1S/C15H17NS/c16-10-15-14(8-9-17-15)13-6-4-12(5-7-13)11-2-1-3-11/h4-9,11H,1-3,10,16H2. The molecule has 1 heterocycles. The Kier molecular flexibility index (Phi) is 3.00. The van der Waals surface area contributed by atoms with E-state index in [0.29, 0.717) is 6.54 Å². The van der Waals surface area contributed by atoms with Gasteiger partial charge in [-0.05, 0) is 46.9 Å². The molecule has 1 saturated carbocycles. The van der Waals surface area contributed by atoms with Crippen LogP contribution in [0.3, 0.4) is 0 Å². The lowest BCUT2D eigenvalue weighted by Gasteiger charge is -2.25. The monoisotopic (exact) mass is 243 g/mol. The predicted molar refractivity (Wildman–Crippen MR) is 74.2 cm³/mol. The van der Waals surface area contributed by atoms with Gasteiger partial charge in [-0.15, -0.1) is 11.3 Å². The van der Waals surface area contributed by atoms with Gasteiger partial charge in [-0.25, -0.2) is 0 Å². The van der Waals surface area contributed by atoms with Crippen LogP contribution in [0.2, 0.25) is 0 Å². The molecule has 0 amide bonds. The van der Waals surface area contributed by atoms with Crippen LogP contribution in [0.15, 0.2) is 35.7 Å². The largest absolute Gasteiger partial charge is 0.326 e. The van der Waals surface area contributed by atoms with Gasteiger partial charge in [0.05, 0.1) is 0 Å². The quantitative estimate of drug-likeness (QED) is 0.861. The molecule has 1 aliphatic rings. The van der Waals surface area contributed by atoms with Crippen molar-refractivity contribution in [1.29, 1.82) is 0 Å². The van der Waals surface area contributed by atoms with Gasteiger partial charge in [0.1, 0.15) is 0 Å². The summed E-state index contributed by atoms with van der Waals surface area (Å²) in [6.07, 6.45) is 4.13. The fourth-order valence-electron chi connectivity index (χ4n) is 2.43. The molecule has 0 aliphatic heterocycles. The summed E-state index contributed by atoms with van der Waals surface area (Å²) in [6, 6.07) is 11.2. The minimum Gasteiger partial charge on any atom is -0.326 e. The van der Waals surface area contributed by atoms with E-state index in [1.165, 1.54) is 40.8 Å². The summed E-state index contributed by atoms with van der Waals surface area (Å²) < 4.78 is 0. The van der Waals surface area contributed by atoms with Crippen LogP contribution in [-0.4, -0.2) is 0 Å². The van der Waals surface area contributed by atoms with Crippen LogP contribution in [0.1, 0.15) is 35.6 Å². The van der Waals surface area contributed by atoms with E-state index in [0.717, 1.165) is 5.92 Å². The fraction of sp³-hybridized carbons (Fsp3) is 0.333. The van der Waals surface area contributed by atoms with Crippen molar-refractivity contribution in [2.24, 2.45) is 5.73 Å². The van der Waals surface area contributed by atoms with Gasteiger partial charge in [-0.3, -0.25) is 0 Å². The van der Waals surface area contributed by atoms with Crippen LogP contribution in [-0.2, 0) is 6.54 Å². The van der Waals surface area contributed by atoms with Crippen molar-refractivity contribution >= 4 is 11.3 Å². The van der Waals surface area contributed by atoms with Gasteiger partial charge in [-0.2, -0.15) is 0 Å².